The lowest BCUT2D eigenvalue weighted by molar-refractivity contribution is -0.334. The molecule has 9 aliphatic rings. The van der Waals surface area contributed by atoms with Crippen LogP contribution in [0.5, 0.6) is 5.75 Å². The molecule has 7 unspecified atom stereocenters. The number of cyclic esters (lactones) is 1. The number of esters is 1. The van der Waals surface area contributed by atoms with Gasteiger partial charge in [-0.2, -0.15) is 0 Å². The summed E-state index contributed by atoms with van der Waals surface area (Å²) >= 11 is 0. The summed E-state index contributed by atoms with van der Waals surface area (Å²) in [7, 11) is 0. The van der Waals surface area contributed by atoms with Crippen LogP contribution in [0, 0.1) is 34.5 Å². The molecule has 5 heterocycles. The molecule has 5 aliphatic heterocycles. The van der Waals surface area contributed by atoms with E-state index in [1.54, 1.807) is 18.2 Å². The normalized spacial score (nSPS) is 51.0. The SMILES string of the molecule is CC1O[C@@H](O[C@H]2CC[C@@]3(C)[C@H](CC[C@@H]4[C@@H]3C[C@@H](O)[C@]3(C)[C@@H](C5=CC(=O)OC5Cc5ccccc5O)CC[C@]43O)C2)C[C@@H](O)C1O[C@@H]1C[C@@H](O)C(O[C@H]2C[C@H]3OC(C)(C)OC3C(C)O2)C(C)O1. The van der Waals surface area contributed by atoms with E-state index in [0.717, 1.165) is 37.7 Å². The average Bonchev–Trinajstić information content (AvgIpc) is 3.87. The van der Waals surface area contributed by atoms with E-state index in [1.165, 1.54) is 0 Å². The third kappa shape index (κ3) is 8.20. The fraction of sp³-hybridized carbons (Fsp3) is 0.824. The largest absolute Gasteiger partial charge is 0.508 e. The Morgan fingerprint density at radius 1 is 0.727 bits per heavy atom. The number of hydrogen-bond acceptors (Lipinski definition) is 15. The van der Waals surface area contributed by atoms with Crippen LogP contribution in [0.3, 0.4) is 0 Å². The van der Waals surface area contributed by atoms with Gasteiger partial charge in [0.05, 0.1) is 54.4 Å². The van der Waals surface area contributed by atoms with E-state index in [9.17, 15) is 30.3 Å². The Labute approximate surface area is 388 Å². The van der Waals surface area contributed by atoms with Crippen molar-refractivity contribution in [1.29, 1.82) is 0 Å². The molecule has 4 aliphatic carbocycles. The van der Waals surface area contributed by atoms with Crippen molar-refractivity contribution in [3.63, 3.8) is 0 Å². The molecule has 22 atom stereocenters. The van der Waals surface area contributed by atoms with Gasteiger partial charge < -0.3 is 68.2 Å². The van der Waals surface area contributed by atoms with Gasteiger partial charge in [0.15, 0.2) is 24.7 Å². The number of benzene rings is 1. The van der Waals surface area contributed by atoms with Crippen LogP contribution >= 0.6 is 0 Å². The monoisotopic (exact) mass is 927 g/mol. The highest BCUT2D eigenvalue weighted by molar-refractivity contribution is 5.86. The quantitative estimate of drug-likeness (QED) is 0.157. The van der Waals surface area contributed by atoms with E-state index in [4.69, 9.17) is 42.6 Å². The minimum Gasteiger partial charge on any atom is -0.508 e. The van der Waals surface area contributed by atoms with Crippen molar-refractivity contribution in [1.82, 2.24) is 0 Å². The molecule has 0 aromatic heterocycles. The van der Waals surface area contributed by atoms with Crippen molar-refractivity contribution in [2.24, 2.45) is 34.5 Å². The van der Waals surface area contributed by atoms with Gasteiger partial charge in [-0.25, -0.2) is 4.79 Å². The summed E-state index contributed by atoms with van der Waals surface area (Å²) in [5.41, 5.74) is -0.583. The van der Waals surface area contributed by atoms with Crippen molar-refractivity contribution >= 4 is 5.97 Å². The molecule has 1 aromatic carbocycles. The van der Waals surface area contributed by atoms with Gasteiger partial charge in [0.1, 0.15) is 30.2 Å². The first-order chi connectivity index (χ1) is 31.3. The molecule has 1 aromatic rings. The standard InChI is InChI=1S/C51H74O15/c1-25-45(63-43-23-37(54)46(26(2)59-43)64-44-24-39-47(27(3)60-44)66-48(4,5)65-39)36(53)22-42(58-25)61-30-14-16-49(6)29(19-30)12-13-33-34(49)21-40(55)50(7)32(15-17-51(33,50)57)31-20-41(56)62-38(31)18-28-10-8-9-11-35(28)52/h8-11,20,25-27,29-30,32-34,36-40,42-47,52-55,57H,12-19,21-24H2,1-7H3/t25?,26?,27?,29-,30+,32-,33-,34+,36-,37-,38?,39-,40-,42+,43-,44+,45?,46?,47?,49+,50+,51+/m1/s1. The third-order valence-corrected chi connectivity index (χ3v) is 18.3. The molecule has 0 spiro atoms. The second-order valence-corrected chi connectivity index (χ2v) is 22.5. The molecule has 0 amide bonds. The van der Waals surface area contributed by atoms with Gasteiger partial charge in [0.25, 0.3) is 0 Å². The predicted molar refractivity (Wildman–Crippen MR) is 235 cm³/mol. The van der Waals surface area contributed by atoms with Gasteiger partial charge in [0.2, 0.25) is 0 Å². The number of para-hydroxylation sites is 1. The Kier molecular flexibility index (Phi) is 12.6. The minimum absolute atomic E-state index is 0.00280. The summed E-state index contributed by atoms with van der Waals surface area (Å²) in [5, 5.41) is 58.5. The predicted octanol–water partition coefficient (Wildman–Crippen LogP) is 5.33. The molecule has 10 rings (SSSR count). The number of aromatic hydroxyl groups is 1. The first-order valence-electron chi connectivity index (χ1n) is 25.0. The van der Waals surface area contributed by atoms with Gasteiger partial charge in [-0.05, 0) is 132 Å². The maximum absolute atomic E-state index is 13.0. The fourth-order valence-electron chi connectivity index (χ4n) is 14.9. The maximum Gasteiger partial charge on any atom is 0.331 e. The van der Waals surface area contributed by atoms with E-state index in [0.29, 0.717) is 43.6 Å². The molecular weight excluding hydrogens is 853 g/mol. The minimum atomic E-state index is -1.12. The molecule has 66 heavy (non-hydrogen) atoms. The van der Waals surface area contributed by atoms with Gasteiger partial charge in [-0.15, -0.1) is 0 Å². The summed E-state index contributed by atoms with van der Waals surface area (Å²) in [4.78, 5) is 12.8. The molecule has 4 saturated heterocycles. The molecule has 0 bridgehead atoms. The zero-order valence-electron chi connectivity index (χ0n) is 39.7. The summed E-state index contributed by atoms with van der Waals surface area (Å²) in [6, 6.07) is 7.08. The Bertz CT molecular complexity index is 1950. The number of rotatable bonds is 9. The van der Waals surface area contributed by atoms with E-state index >= 15 is 0 Å². The van der Waals surface area contributed by atoms with E-state index in [-0.39, 0.29) is 66.2 Å². The van der Waals surface area contributed by atoms with Gasteiger partial charge >= 0.3 is 5.97 Å². The van der Waals surface area contributed by atoms with Crippen molar-refractivity contribution in [2.75, 3.05) is 0 Å². The Morgan fingerprint density at radius 3 is 2.06 bits per heavy atom. The highest BCUT2D eigenvalue weighted by Gasteiger charge is 2.71. The van der Waals surface area contributed by atoms with Crippen LogP contribution in [0.15, 0.2) is 35.9 Å². The van der Waals surface area contributed by atoms with Crippen LogP contribution in [0.2, 0.25) is 0 Å². The summed E-state index contributed by atoms with van der Waals surface area (Å²) in [5.74, 6) is -0.748. The molecule has 5 N–H and O–H groups in total. The van der Waals surface area contributed by atoms with Crippen LogP contribution in [-0.2, 0) is 53.8 Å². The molecule has 15 nitrogen and oxygen atoms in total. The summed E-state index contributed by atoms with van der Waals surface area (Å²) in [6.45, 7) is 13.8. The van der Waals surface area contributed by atoms with Crippen LogP contribution in [-0.4, -0.2) is 135 Å². The van der Waals surface area contributed by atoms with Crippen molar-refractivity contribution in [3.8, 4) is 5.75 Å². The van der Waals surface area contributed by atoms with Crippen LogP contribution in [0.4, 0.5) is 0 Å². The Balaban J connectivity index is 0.724. The number of phenols is 1. The number of ether oxygens (including phenoxy) is 9. The number of aliphatic hydroxyl groups excluding tert-OH is 3. The first kappa shape index (κ1) is 47.4. The molecule has 15 heteroatoms. The first-order valence-corrected chi connectivity index (χ1v) is 25.0. The van der Waals surface area contributed by atoms with Gasteiger partial charge in [-0.3, -0.25) is 0 Å². The highest BCUT2D eigenvalue weighted by atomic mass is 16.8. The number of carbonyl (C=O) groups is 1. The number of phenolic OH excluding ortho intramolecular Hbond substituents is 1. The lowest BCUT2D eigenvalue weighted by atomic mass is 9.42. The third-order valence-electron chi connectivity index (χ3n) is 18.3. The molecule has 0 radical (unpaired) electrons. The number of fused-ring (bicyclic) bond motifs is 6. The van der Waals surface area contributed by atoms with Crippen molar-refractivity contribution < 1.29 is 73.0 Å². The number of hydrogen-bond donors (Lipinski definition) is 5. The molecule has 8 fully saturated rings. The van der Waals surface area contributed by atoms with Gasteiger partial charge in [-0.1, -0.05) is 32.0 Å². The smallest absolute Gasteiger partial charge is 0.331 e. The highest BCUT2D eigenvalue weighted by Crippen LogP contribution is 2.70. The van der Waals surface area contributed by atoms with E-state index < -0.39 is 90.5 Å². The average molecular weight is 927 g/mol. The lowest BCUT2D eigenvalue weighted by Gasteiger charge is -2.65. The van der Waals surface area contributed by atoms with Gasteiger partial charge in [0, 0.05) is 37.2 Å². The summed E-state index contributed by atoms with van der Waals surface area (Å²) < 4.78 is 55.9. The zero-order valence-corrected chi connectivity index (χ0v) is 39.7. The Hall–Kier alpha value is -2.25. The molecule has 4 saturated carbocycles. The van der Waals surface area contributed by atoms with Crippen molar-refractivity contribution in [3.05, 3.63) is 41.5 Å². The number of carbonyl (C=O) groups excluding carboxylic acids is 1. The topological polar surface area (TPSA) is 201 Å². The lowest BCUT2D eigenvalue weighted by Crippen LogP contribution is -2.67. The molecular formula is C51H74O15. The molecule has 368 valence electrons. The summed E-state index contributed by atoms with van der Waals surface area (Å²) in [6.07, 6.45) is 0.706. The second kappa shape index (κ2) is 17.6. The number of aliphatic hydroxyl groups is 4. The van der Waals surface area contributed by atoms with Crippen LogP contribution < -0.4 is 0 Å². The van der Waals surface area contributed by atoms with E-state index in [1.807, 2.05) is 53.7 Å². The maximum atomic E-state index is 13.0. The van der Waals surface area contributed by atoms with E-state index in [2.05, 4.69) is 6.92 Å². The van der Waals surface area contributed by atoms with Crippen LogP contribution in [0.25, 0.3) is 0 Å². The fourth-order valence-corrected chi connectivity index (χ4v) is 14.9. The van der Waals surface area contributed by atoms with Crippen LogP contribution in [0.1, 0.15) is 125 Å². The zero-order chi connectivity index (χ0) is 46.7. The Morgan fingerprint density at radius 2 is 1.38 bits per heavy atom. The van der Waals surface area contributed by atoms with Crippen molar-refractivity contribution in [2.45, 2.75) is 229 Å². The second-order valence-electron chi connectivity index (χ2n) is 22.5.